The molecule has 0 bridgehead atoms. The van der Waals surface area contributed by atoms with Gasteiger partial charge in [0, 0.05) is 69.1 Å². The van der Waals surface area contributed by atoms with Crippen molar-refractivity contribution in [3.05, 3.63) is 357 Å². The van der Waals surface area contributed by atoms with Crippen molar-refractivity contribution in [3.8, 4) is 0 Å². The Bertz CT molecular complexity index is 8550. The summed E-state index contributed by atoms with van der Waals surface area (Å²) in [5.74, 6) is 3.87. The highest BCUT2D eigenvalue weighted by Crippen LogP contribution is 2.59. The average Bonchev–Trinajstić information content (AvgIpc) is 0.869. The van der Waals surface area contributed by atoms with E-state index in [4.69, 9.17) is 13.3 Å². The van der Waals surface area contributed by atoms with Gasteiger partial charge < -0.3 is 28.4 Å². The van der Waals surface area contributed by atoms with Gasteiger partial charge in [0.2, 0.25) is 0 Å². The highest BCUT2D eigenvalue weighted by atomic mass is 79.9. The van der Waals surface area contributed by atoms with Crippen molar-refractivity contribution in [3.63, 3.8) is 0 Å². The van der Waals surface area contributed by atoms with E-state index in [1.54, 1.807) is 11.1 Å². The predicted octanol–water partition coefficient (Wildman–Crippen LogP) is 45.8. The zero-order valence-corrected chi connectivity index (χ0v) is 88.3. The largest absolute Gasteiger partial charge is 0.454 e. The fraction of sp³-hybridized carbons (Fsp3) is 0.310. The minimum atomic E-state index is 0. The van der Waals surface area contributed by atoms with Crippen molar-refractivity contribution in [2.24, 2.45) is 0 Å². The Kier molecular flexibility index (Phi) is 26.6. The van der Waals surface area contributed by atoms with E-state index in [1.165, 1.54) is 402 Å². The second kappa shape index (κ2) is 41.3. The SMILES string of the molecule is Brc1cc(C2CCCCC2)c2ccc3c(Br)cc(C4CCCCC4)c4ccc1c2c34.C.C.c1ccc(N(c2cc(C3CCCCC3)c3ccc4c(N(c5ccccc5)c5cccc6c5oc5c(C7CCCCC7)cc7ccccc7c56)cc(C5CCCCC5)c5ccc2c3c54)c2cccc3c2oc2c(C4CCCCC4)cc4ccccc4c23)cc1.c1ccc(Nc2cccc3c2oc2c(C4CCCCC4)cc4ccccc4c23)cc1. The topological polar surface area (TPSA) is 57.9 Å². The van der Waals surface area contributed by atoms with Crippen LogP contribution in [0.3, 0.4) is 0 Å². The summed E-state index contributed by atoms with van der Waals surface area (Å²) >= 11 is 7.92. The van der Waals surface area contributed by atoms with Gasteiger partial charge in [0.1, 0.15) is 16.7 Å². The normalized spacial score (nSPS) is 17.0. The van der Waals surface area contributed by atoms with E-state index < -0.39 is 0 Å². The molecule has 7 saturated carbocycles. The first-order chi connectivity index (χ1) is 73.3. The van der Waals surface area contributed by atoms with Gasteiger partial charge in [-0.15, -0.1) is 0 Å². The molecular weight excluding hydrogens is 1960 g/mol. The van der Waals surface area contributed by atoms with Crippen LogP contribution in [-0.4, -0.2) is 0 Å². The first kappa shape index (κ1) is 96.6. The molecule has 0 saturated heterocycles. The highest BCUT2D eigenvalue weighted by molar-refractivity contribution is 9.11. The Morgan fingerprint density at radius 1 is 0.193 bits per heavy atom. The Labute approximate surface area is 899 Å². The van der Waals surface area contributed by atoms with Crippen LogP contribution in [0.4, 0.5) is 45.5 Å². The molecule has 0 unspecified atom stereocenters. The maximum Gasteiger partial charge on any atom is 0.159 e. The van der Waals surface area contributed by atoms with Crippen LogP contribution in [0.5, 0.6) is 0 Å². The van der Waals surface area contributed by atoms with Gasteiger partial charge in [-0.25, -0.2) is 0 Å². The molecule has 0 atom stereocenters. The van der Waals surface area contributed by atoms with Gasteiger partial charge in [-0.1, -0.05) is 394 Å². The monoisotopic (exact) mass is 2090 g/mol. The molecule has 752 valence electrons. The molecule has 0 amide bonds. The minimum Gasteiger partial charge on any atom is -0.454 e. The third-order valence-electron chi connectivity index (χ3n) is 36.7. The third kappa shape index (κ3) is 17.0. The maximum absolute atomic E-state index is 7.63. The number of benzene rings is 20. The lowest BCUT2D eigenvalue weighted by molar-refractivity contribution is 0.442. The average molecular weight is 2090 g/mol. The second-order valence-corrected chi connectivity index (χ2v) is 46.9. The van der Waals surface area contributed by atoms with E-state index >= 15 is 0 Å². The van der Waals surface area contributed by atoms with Crippen LogP contribution in [0.15, 0.2) is 332 Å². The van der Waals surface area contributed by atoms with Crippen molar-refractivity contribution in [1.29, 1.82) is 0 Å². The molecule has 20 aromatic carbocycles. The molecule has 23 aromatic rings. The van der Waals surface area contributed by atoms with Crippen molar-refractivity contribution >= 4 is 240 Å². The van der Waals surface area contributed by atoms with Gasteiger partial charge in [0.05, 0.1) is 28.4 Å². The third-order valence-corrected chi connectivity index (χ3v) is 38.0. The number of furan rings is 3. The van der Waals surface area contributed by atoms with Gasteiger partial charge in [-0.2, -0.15) is 0 Å². The Morgan fingerprint density at radius 2 is 0.453 bits per heavy atom. The summed E-state index contributed by atoms with van der Waals surface area (Å²) in [4.78, 5) is 5.19. The van der Waals surface area contributed by atoms with E-state index in [1.807, 2.05) is 6.07 Å². The Hall–Kier alpha value is -13.0. The van der Waals surface area contributed by atoms with Crippen molar-refractivity contribution in [2.45, 2.75) is 281 Å². The van der Waals surface area contributed by atoms with Crippen LogP contribution >= 0.6 is 31.9 Å². The molecule has 1 N–H and O–H groups in total. The second-order valence-electron chi connectivity index (χ2n) is 45.2. The molecule has 6 nitrogen and oxygen atoms in total. The Morgan fingerprint density at radius 3 is 0.793 bits per heavy atom. The molecule has 0 spiro atoms. The molecule has 3 aromatic heterocycles. The van der Waals surface area contributed by atoms with E-state index in [2.05, 4.69) is 350 Å². The molecular formula is C142H137Br2N3O3. The summed E-state index contributed by atoms with van der Waals surface area (Å²) in [5, 5.41) is 35.5. The van der Waals surface area contributed by atoms with Gasteiger partial charge in [-0.05, 0) is 354 Å². The quantitative estimate of drug-likeness (QED) is 0.103. The smallest absolute Gasteiger partial charge is 0.159 e. The first-order valence-corrected chi connectivity index (χ1v) is 58.4. The summed E-state index contributed by atoms with van der Waals surface area (Å²) in [6, 6.07) is 117. The minimum absolute atomic E-state index is 0. The standard InChI is InChI=1S/C84H76N2O2.C28H28Br2.C28H25NO.2CH4/c1-7-25-53(26-8-1)69-51-75(85(59-35-15-5-16-36-59)73-43-23-41-67-79-61-39-21-19-33-57(61)49-71(83(79)87-81(67)73)55-29-11-3-12-30-55)65-48-46-64-70(54-27-9-2-10-28-54)52-76(66-47-45-63(69)77(65)78(64)66)86(60-37-17-6-18-38-60)74-44-24-42-68-80-62-40-22-20-34-58(62)50-72(84(80)88-82(68)74)56-31-13-4-14-32-56;29-25-15-23(17-7-3-1-4-8-17)19-11-13-22-26(30)16-24(18-9-5-2-6-10-18)20-12-14-21(25)27(19)28(20)22;1-3-10-19(11-4-1)24-18-20-12-7-8-15-22(20)26-23-16-9-17-25(27(23)30-28(24)26)29-21-13-5-2-6-14-21;;/h5-6,15-24,33-56H,1-4,7-14,25-32H2;11-18H,1-10H2;2,5-9,12-19,29H,1,3-4,10-11H2;2*1H4. The molecule has 7 aliphatic rings. The van der Waals surface area contributed by atoms with Gasteiger partial charge in [0.15, 0.2) is 16.7 Å². The van der Waals surface area contributed by atoms with E-state index in [-0.39, 0.29) is 14.9 Å². The zero-order chi connectivity index (χ0) is 98.0. The lowest BCUT2D eigenvalue weighted by Crippen LogP contribution is -2.14. The highest BCUT2D eigenvalue weighted by Gasteiger charge is 2.36. The Balaban J connectivity index is 0.000000148. The molecule has 150 heavy (non-hydrogen) atoms. The number of hydrogen-bond acceptors (Lipinski definition) is 6. The number of hydrogen-bond donors (Lipinski definition) is 1. The maximum atomic E-state index is 7.63. The predicted molar refractivity (Wildman–Crippen MR) is 650 cm³/mol. The summed E-state index contributed by atoms with van der Waals surface area (Å²) in [7, 11) is 0. The lowest BCUT2D eigenvalue weighted by atomic mass is 9.77. The summed E-state index contributed by atoms with van der Waals surface area (Å²) in [5.41, 5.74) is 25.3. The number of para-hydroxylation sites is 6. The molecule has 3 heterocycles. The molecule has 0 radical (unpaired) electrons. The number of fused-ring (bicyclic) bond motifs is 15. The van der Waals surface area contributed by atoms with Crippen LogP contribution < -0.4 is 15.1 Å². The molecule has 8 heteroatoms. The van der Waals surface area contributed by atoms with Gasteiger partial charge in [0.25, 0.3) is 0 Å². The number of rotatable bonds is 15. The van der Waals surface area contributed by atoms with Gasteiger partial charge in [-0.3, -0.25) is 0 Å². The van der Waals surface area contributed by atoms with Crippen LogP contribution in [0.2, 0.25) is 0 Å². The molecule has 7 aliphatic carbocycles. The van der Waals surface area contributed by atoms with Crippen LogP contribution in [0.1, 0.15) is 320 Å². The van der Waals surface area contributed by atoms with E-state index in [0.717, 1.165) is 67.6 Å². The van der Waals surface area contributed by atoms with Crippen molar-refractivity contribution < 1.29 is 13.3 Å². The van der Waals surface area contributed by atoms with Crippen LogP contribution in [-0.2, 0) is 0 Å². The number of nitrogens with zero attached hydrogens (tertiary/aromatic N) is 2. The van der Waals surface area contributed by atoms with Crippen molar-refractivity contribution in [2.75, 3.05) is 15.1 Å². The first-order valence-electron chi connectivity index (χ1n) is 56.8. The lowest BCUT2D eigenvalue weighted by Gasteiger charge is -2.33. The summed E-state index contributed by atoms with van der Waals surface area (Å²) < 4.78 is 24.5. The van der Waals surface area contributed by atoms with Crippen LogP contribution in [0.25, 0.3) is 163 Å². The van der Waals surface area contributed by atoms with E-state index in [0.29, 0.717) is 41.4 Å². The summed E-state index contributed by atoms with van der Waals surface area (Å²) in [6.45, 7) is 0. The zero-order valence-electron chi connectivity index (χ0n) is 85.1. The molecule has 0 aliphatic heterocycles. The van der Waals surface area contributed by atoms with Gasteiger partial charge >= 0.3 is 0 Å². The number of nitrogens with one attached hydrogen (secondary N) is 1. The number of halogens is 2. The fourth-order valence-electron chi connectivity index (χ4n) is 29.6. The molecule has 30 rings (SSSR count). The van der Waals surface area contributed by atoms with E-state index in [9.17, 15) is 0 Å². The van der Waals surface area contributed by atoms with Crippen molar-refractivity contribution in [1.82, 2.24) is 0 Å². The summed E-state index contributed by atoms with van der Waals surface area (Å²) in [6.07, 6.45) is 45.2. The van der Waals surface area contributed by atoms with Crippen LogP contribution in [0, 0.1) is 0 Å². The molecule has 7 fully saturated rings. The number of anilines is 8. The fourth-order valence-corrected chi connectivity index (χ4v) is 30.7.